The highest BCUT2D eigenvalue weighted by molar-refractivity contribution is 6.34. The lowest BCUT2D eigenvalue weighted by molar-refractivity contribution is -0.141. The molecule has 0 saturated carbocycles. The van der Waals surface area contributed by atoms with Crippen LogP contribution in [-0.4, -0.2) is 23.5 Å². The highest BCUT2D eigenvalue weighted by Gasteiger charge is 2.35. The zero-order valence-corrected chi connectivity index (χ0v) is 9.65. The topological polar surface area (TPSA) is 83.6 Å². The molecule has 0 radical (unpaired) electrons. The molecule has 0 aromatic heterocycles. The summed E-state index contributed by atoms with van der Waals surface area (Å²) in [6.07, 6.45) is 0.00996. The van der Waals surface area contributed by atoms with Crippen molar-refractivity contribution in [2.24, 2.45) is 5.92 Å². The number of carbonyl (C=O) groups excluding carboxylic acids is 1. The number of nitrogen functional groups attached to an aromatic ring is 1. The van der Waals surface area contributed by atoms with Gasteiger partial charge in [-0.1, -0.05) is 11.6 Å². The van der Waals surface area contributed by atoms with Crippen molar-refractivity contribution in [3.05, 3.63) is 23.2 Å². The fourth-order valence-corrected chi connectivity index (χ4v) is 2.14. The molecule has 1 heterocycles. The molecule has 1 aliphatic rings. The van der Waals surface area contributed by atoms with Crippen LogP contribution in [0.2, 0.25) is 5.02 Å². The van der Waals surface area contributed by atoms with Gasteiger partial charge in [0.05, 0.1) is 16.6 Å². The van der Waals surface area contributed by atoms with Crippen LogP contribution in [0.5, 0.6) is 0 Å². The van der Waals surface area contributed by atoms with Crippen LogP contribution in [0.3, 0.4) is 0 Å². The zero-order valence-electron chi connectivity index (χ0n) is 8.89. The Kier molecular flexibility index (Phi) is 2.93. The van der Waals surface area contributed by atoms with E-state index >= 15 is 0 Å². The molecule has 2 rings (SSSR count). The summed E-state index contributed by atoms with van der Waals surface area (Å²) in [6.45, 7) is 0.151. The van der Waals surface area contributed by atoms with Gasteiger partial charge in [0.2, 0.25) is 5.91 Å². The van der Waals surface area contributed by atoms with Gasteiger partial charge in [0.15, 0.2) is 0 Å². The van der Waals surface area contributed by atoms with Crippen LogP contribution in [0.1, 0.15) is 6.42 Å². The average Bonchev–Trinajstić information content (AvgIpc) is 2.61. The van der Waals surface area contributed by atoms with E-state index < -0.39 is 11.9 Å². The number of nitrogens with zero attached hydrogens (tertiary/aromatic N) is 1. The Bertz CT molecular complexity index is 490. The van der Waals surface area contributed by atoms with Gasteiger partial charge in [0.25, 0.3) is 0 Å². The van der Waals surface area contributed by atoms with E-state index in [0.29, 0.717) is 16.4 Å². The van der Waals surface area contributed by atoms with Gasteiger partial charge in [-0.3, -0.25) is 9.59 Å². The predicted octanol–water partition coefficient (Wildman–Crippen LogP) is 1.36. The number of carboxylic acid groups (broad SMARTS) is 1. The maximum absolute atomic E-state index is 11.7. The Hall–Kier alpha value is -1.75. The highest BCUT2D eigenvalue weighted by atomic mass is 35.5. The number of hydrogen-bond acceptors (Lipinski definition) is 3. The van der Waals surface area contributed by atoms with Crippen molar-refractivity contribution in [1.82, 2.24) is 0 Å². The summed E-state index contributed by atoms with van der Waals surface area (Å²) in [6, 6.07) is 4.79. The Morgan fingerprint density at radius 1 is 1.53 bits per heavy atom. The second-order valence-electron chi connectivity index (χ2n) is 3.95. The molecule has 1 aromatic rings. The maximum atomic E-state index is 11.7. The third kappa shape index (κ3) is 2.19. The maximum Gasteiger partial charge on any atom is 0.308 e. The first kappa shape index (κ1) is 11.7. The molecule has 1 saturated heterocycles. The molecular weight excluding hydrogens is 244 g/mol. The smallest absolute Gasteiger partial charge is 0.308 e. The molecule has 1 unspecified atom stereocenters. The molecule has 1 aromatic carbocycles. The van der Waals surface area contributed by atoms with Crippen LogP contribution in [0.25, 0.3) is 0 Å². The van der Waals surface area contributed by atoms with Crippen molar-refractivity contribution in [2.75, 3.05) is 17.2 Å². The number of halogens is 1. The Labute approximate surface area is 103 Å². The molecule has 1 fully saturated rings. The van der Waals surface area contributed by atoms with Crippen molar-refractivity contribution < 1.29 is 14.7 Å². The Morgan fingerprint density at radius 3 is 2.76 bits per heavy atom. The summed E-state index contributed by atoms with van der Waals surface area (Å²) >= 11 is 5.98. The quantitative estimate of drug-likeness (QED) is 0.781. The van der Waals surface area contributed by atoms with Crippen LogP contribution < -0.4 is 10.6 Å². The van der Waals surface area contributed by atoms with Crippen molar-refractivity contribution >= 4 is 34.9 Å². The second kappa shape index (κ2) is 4.25. The summed E-state index contributed by atoms with van der Waals surface area (Å²) in [5, 5.41) is 9.23. The van der Waals surface area contributed by atoms with E-state index in [1.807, 2.05) is 0 Å². The van der Waals surface area contributed by atoms with Gasteiger partial charge in [-0.15, -0.1) is 0 Å². The molecule has 0 spiro atoms. The molecule has 6 heteroatoms. The molecule has 0 bridgehead atoms. The number of nitrogens with two attached hydrogens (primary N) is 1. The molecule has 3 N–H and O–H groups in total. The van der Waals surface area contributed by atoms with E-state index in [4.69, 9.17) is 22.4 Å². The first-order chi connectivity index (χ1) is 7.99. The zero-order chi connectivity index (χ0) is 12.6. The number of hydrogen-bond donors (Lipinski definition) is 2. The van der Waals surface area contributed by atoms with Gasteiger partial charge in [-0.05, 0) is 18.2 Å². The third-order valence-corrected chi connectivity index (χ3v) is 3.04. The van der Waals surface area contributed by atoms with Gasteiger partial charge < -0.3 is 15.7 Å². The van der Waals surface area contributed by atoms with Gasteiger partial charge in [0.1, 0.15) is 0 Å². The van der Waals surface area contributed by atoms with E-state index in [-0.39, 0.29) is 18.9 Å². The van der Waals surface area contributed by atoms with E-state index in [9.17, 15) is 9.59 Å². The summed E-state index contributed by atoms with van der Waals surface area (Å²) in [5.74, 6) is -1.87. The van der Waals surface area contributed by atoms with E-state index in [0.717, 1.165) is 0 Å². The number of amides is 1. The molecule has 5 nitrogen and oxygen atoms in total. The summed E-state index contributed by atoms with van der Waals surface area (Å²) in [4.78, 5) is 23.9. The van der Waals surface area contributed by atoms with Crippen molar-refractivity contribution in [3.63, 3.8) is 0 Å². The number of aliphatic carboxylic acids is 1. The van der Waals surface area contributed by atoms with E-state index in [1.54, 1.807) is 12.1 Å². The lowest BCUT2D eigenvalue weighted by Crippen LogP contribution is -2.26. The van der Waals surface area contributed by atoms with Gasteiger partial charge in [0, 0.05) is 18.7 Å². The predicted molar refractivity (Wildman–Crippen MR) is 64.0 cm³/mol. The first-order valence-corrected chi connectivity index (χ1v) is 5.45. The average molecular weight is 255 g/mol. The van der Waals surface area contributed by atoms with Crippen LogP contribution in [0, 0.1) is 5.92 Å². The molecule has 1 aliphatic heterocycles. The van der Waals surface area contributed by atoms with Crippen molar-refractivity contribution in [1.29, 1.82) is 0 Å². The number of carboxylic acids is 1. The van der Waals surface area contributed by atoms with Crippen LogP contribution >= 0.6 is 11.6 Å². The van der Waals surface area contributed by atoms with Gasteiger partial charge >= 0.3 is 5.97 Å². The minimum atomic E-state index is -0.965. The monoisotopic (exact) mass is 254 g/mol. The lowest BCUT2D eigenvalue weighted by atomic mass is 10.1. The Morgan fingerprint density at radius 2 is 2.24 bits per heavy atom. The SMILES string of the molecule is Nc1ccc(N2CC(C(=O)O)CC2=O)c(Cl)c1. The highest BCUT2D eigenvalue weighted by Crippen LogP contribution is 2.32. The minimum Gasteiger partial charge on any atom is -0.481 e. The normalized spacial score (nSPS) is 19.7. The Balaban J connectivity index is 2.29. The molecular formula is C11H11ClN2O3. The van der Waals surface area contributed by atoms with E-state index in [2.05, 4.69) is 0 Å². The molecule has 1 amide bonds. The fourth-order valence-electron chi connectivity index (χ4n) is 1.85. The van der Waals surface area contributed by atoms with Crippen molar-refractivity contribution in [2.45, 2.75) is 6.42 Å². The standard InChI is InChI=1S/C11H11ClN2O3/c12-8-4-7(13)1-2-9(8)14-5-6(11(16)17)3-10(14)15/h1-2,4,6H,3,5,13H2,(H,16,17). The molecule has 90 valence electrons. The van der Waals surface area contributed by atoms with Crippen molar-refractivity contribution in [3.8, 4) is 0 Å². The number of rotatable bonds is 2. The largest absolute Gasteiger partial charge is 0.481 e. The third-order valence-electron chi connectivity index (χ3n) is 2.74. The number of carbonyl (C=O) groups is 2. The number of anilines is 2. The lowest BCUT2D eigenvalue weighted by Gasteiger charge is -2.17. The minimum absolute atomic E-state index is 0.00996. The summed E-state index contributed by atoms with van der Waals surface area (Å²) in [7, 11) is 0. The van der Waals surface area contributed by atoms with Crippen LogP contribution in [0.4, 0.5) is 11.4 Å². The molecule has 0 aliphatic carbocycles. The first-order valence-electron chi connectivity index (χ1n) is 5.07. The summed E-state index contributed by atoms with van der Waals surface area (Å²) < 4.78 is 0. The fraction of sp³-hybridized carbons (Fsp3) is 0.273. The number of benzene rings is 1. The van der Waals surface area contributed by atoms with Gasteiger partial charge in [-0.25, -0.2) is 0 Å². The molecule has 1 atom stereocenters. The van der Waals surface area contributed by atoms with Crippen LogP contribution in [0.15, 0.2) is 18.2 Å². The molecule has 17 heavy (non-hydrogen) atoms. The second-order valence-corrected chi connectivity index (χ2v) is 4.36. The van der Waals surface area contributed by atoms with Gasteiger partial charge in [-0.2, -0.15) is 0 Å². The van der Waals surface area contributed by atoms with E-state index in [1.165, 1.54) is 11.0 Å². The van der Waals surface area contributed by atoms with Crippen LogP contribution in [-0.2, 0) is 9.59 Å². The summed E-state index contributed by atoms with van der Waals surface area (Å²) in [5.41, 5.74) is 6.56.